The summed E-state index contributed by atoms with van der Waals surface area (Å²) in [4.78, 5) is 53.2. The third-order valence-corrected chi connectivity index (χ3v) is 8.59. The number of hydrogen-bond donors (Lipinski definition) is 3. The van der Waals surface area contributed by atoms with E-state index >= 15 is 0 Å². The highest BCUT2D eigenvalue weighted by Crippen LogP contribution is 2.29. The SMILES string of the molecule is CN(CCOCCC#Cc1cccc2c1CN(C1CCC(=O)NC1=O)C2=O)C1CCC(NC(=O)c2ccc(N)cc2)CC1. The van der Waals surface area contributed by atoms with Crippen molar-refractivity contribution < 1.29 is 23.9 Å². The lowest BCUT2D eigenvalue weighted by atomic mass is 9.90. The van der Waals surface area contributed by atoms with Crippen molar-refractivity contribution in [2.75, 3.05) is 32.5 Å². The standard InChI is InChI=1S/C33H39N5O5/c1-37(26-14-12-25(13-15-26)35-31(40)23-8-10-24(34)11-9-23)18-20-43-19-3-2-5-22-6-4-7-27-28(22)21-38(33(27)42)29-16-17-30(39)36-32(29)41/h4,6-11,25-26,29H,3,12-21,34H2,1H3,(H,35,40)(H,36,39,41). The molecule has 2 heterocycles. The van der Waals surface area contributed by atoms with Crippen LogP contribution in [0, 0.1) is 11.8 Å². The second kappa shape index (κ2) is 13.8. The van der Waals surface area contributed by atoms with Crippen LogP contribution in [0.3, 0.4) is 0 Å². The van der Waals surface area contributed by atoms with E-state index in [1.54, 1.807) is 35.2 Å². The van der Waals surface area contributed by atoms with Gasteiger partial charge in [0, 0.05) is 60.4 Å². The first-order valence-electron chi connectivity index (χ1n) is 15.0. The molecule has 2 aromatic carbocycles. The minimum absolute atomic E-state index is 0.0485. The Kier molecular flexibility index (Phi) is 9.75. The number of carbonyl (C=O) groups excluding carboxylic acids is 4. The molecule has 10 heteroatoms. The molecule has 4 amide bonds. The lowest BCUT2D eigenvalue weighted by Crippen LogP contribution is -2.52. The normalized spacial score (nSPS) is 21.7. The second-order valence-corrected chi connectivity index (χ2v) is 11.5. The minimum atomic E-state index is -0.638. The molecule has 226 valence electrons. The van der Waals surface area contributed by atoms with Gasteiger partial charge >= 0.3 is 0 Å². The van der Waals surface area contributed by atoms with Crippen LogP contribution in [-0.4, -0.2) is 78.4 Å². The molecule has 43 heavy (non-hydrogen) atoms. The van der Waals surface area contributed by atoms with Gasteiger partial charge in [-0.2, -0.15) is 0 Å². The number of rotatable bonds is 9. The van der Waals surface area contributed by atoms with Gasteiger partial charge in [-0.05, 0) is 81.1 Å². The van der Waals surface area contributed by atoms with Gasteiger partial charge in [0.15, 0.2) is 0 Å². The molecule has 4 N–H and O–H groups in total. The van der Waals surface area contributed by atoms with E-state index < -0.39 is 11.9 Å². The van der Waals surface area contributed by atoms with E-state index in [1.165, 1.54) is 0 Å². The molecule has 2 fully saturated rings. The number of fused-ring (bicyclic) bond motifs is 1. The molecule has 1 unspecified atom stereocenters. The van der Waals surface area contributed by atoms with Gasteiger partial charge in [0.1, 0.15) is 6.04 Å². The number of anilines is 1. The second-order valence-electron chi connectivity index (χ2n) is 11.5. The number of benzene rings is 2. The Morgan fingerprint density at radius 3 is 2.58 bits per heavy atom. The molecule has 3 aliphatic rings. The lowest BCUT2D eigenvalue weighted by Gasteiger charge is -2.35. The van der Waals surface area contributed by atoms with Crippen molar-refractivity contribution >= 4 is 29.3 Å². The maximum absolute atomic E-state index is 13.0. The molecule has 2 aromatic rings. The summed E-state index contributed by atoms with van der Waals surface area (Å²) in [6.45, 7) is 2.26. The van der Waals surface area contributed by atoms with Crippen LogP contribution in [0.25, 0.3) is 0 Å². The Morgan fingerprint density at radius 2 is 1.84 bits per heavy atom. The van der Waals surface area contributed by atoms with Crippen molar-refractivity contribution in [1.82, 2.24) is 20.4 Å². The van der Waals surface area contributed by atoms with Crippen LogP contribution >= 0.6 is 0 Å². The van der Waals surface area contributed by atoms with Crippen LogP contribution in [0.15, 0.2) is 42.5 Å². The first-order chi connectivity index (χ1) is 20.8. The molecule has 0 bridgehead atoms. The number of nitrogens with two attached hydrogens (primary N) is 1. The van der Waals surface area contributed by atoms with E-state index in [0.29, 0.717) is 55.5 Å². The lowest BCUT2D eigenvalue weighted by molar-refractivity contribution is -0.136. The van der Waals surface area contributed by atoms with Gasteiger partial charge in [-0.1, -0.05) is 17.9 Å². The summed E-state index contributed by atoms with van der Waals surface area (Å²) in [7, 11) is 2.12. The molecule has 1 aliphatic carbocycles. The summed E-state index contributed by atoms with van der Waals surface area (Å²) in [6, 6.07) is 12.5. The highest BCUT2D eigenvalue weighted by Gasteiger charge is 2.39. The van der Waals surface area contributed by atoms with Crippen LogP contribution in [0.2, 0.25) is 0 Å². The topological polar surface area (TPSA) is 134 Å². The van der Waals surface area contributed by atoms with E-state index in [4.69, 9.17) is 10.5 Å². The smallest absolute Gasteiger partial charge is 0.255 e. The molecular weight excluding hydrogens is 546 g/mol. The summed E-state index contributed by atoms with van der Waals surface area (Å²) in [6.07, 6.45) is 5.09. The maximum Gasteiger partial charge on any atom is 0.255 e. The Hall–Kier alpha value is -4.20. The molecular formula is C33H39N5O5. The van der Waals surface area contributed by atoms with Crippen molar-refractivity contribution in [3.8, 4) is 11.8 Å². The molecule has 1 saturated heterocycles. The predicted octanol–water partition coefficient (Wildman–Crippen LogP) is 2.46. The zero-order chi connectivity index (χ0) is 30.3. The molecule has 0 radical (unpaired) electrons. The molecule has 5 rings (SSSR count). The van der Waals surface area contributed by atoms with Crippen LogP contribution in [0.4, 0.5) is 5.69 Å². The zero-order valence-corrected chi connectivity index (χ0v) is 24.6. The first kappa shape index (κ1) is 30.3. The molecule has 1 atom stereocenters. The number of imide groups is 1. The summed E-state index contributed by atoms with van der Waals surface area (Å²) in [5, 5.41) is 5.48. The fourth-order valence-corrected chi connectivity index (χ4v) is 6.04. The van der Waals surface area contributed by atoms with E-state index in [-0.39, 0.29) is 30.2 Å². The Morgan fingerprint density at radius 1 is 1.07 bits per heavy atom. The van der Waals surface area contributed by atoms with Crippen LogP contribution in [-0.2, 0) is 20.9 Å². The monoisotopic (exact) mass is 585 g/mol. The number of piperidine rings is 1. The van der Waals surface area contributed by atoms with Gasteiger partial charge in [0.25, 0.3) is 11.8 Å². The quantitative estimate of drug-likeness (QED) is 0.178. The molecule has 0 spiro atoms. The van der Waals surface area contributed by atoms with Gasteiger partial charge in [0.2, 0.25) is 11.8 Å². The van der Waals surface area contributed by atoms with E-state index in [1.807, 2.05) is 12.1 Å². The van der Waals surface area contributed by atoms with Gasteiger partial charge in [0.05, 0.1) is 13.2 Å². The number of amides is 4. The van der Waals surface area contributed by atoms with Crippen molar-refractivity contribution in [3.63, 3.8) is 0 Å². The number of nitrogens with one attached hydrogen (secondary N) is 2. The fraction of sp³-hybridized carbons (Fsp3) is 0.455. The van der Waals surface area contributed by atoms with Gasteiger partial charge in [-0.3, -0.25) is 24.5 Å². The third-order valence-electron chi connectivity index (χ3n) is 8.59. The largest absolute Gasteiger partial charge is 0.399 e. The van der Waals surface area contributed by atoms with Crippen LogP contribution in [0.1, 0.15) is 76.8 Å². The average Bonchev–Trinajstić information content (AvgIpc) is 3.33. The van der Waals surface area contributed by atoms with E-state index in [0.717, 1.165) is 43.4 Å². The Balaban J connectivity index is 1.00. The van der Waals surface area contributed by atoms with E-state index in [2.05, 4.69) is 34.4 Å². The minimum Gasteiger partial charge on any atom is -0.399 e. The molecule has 10 nitrogen and oxygen atoms in total. The van der Waals surface area contributed by atoms with Gasteiger partial charge in [-0.25, -0.2) is 0 Å². The van der Waals surface area contributed by atoms with Crippen molar-refractivity contribution in [2.24, 2.45) is 0 Å². The predicted molar refractivity (Wildman–Crippen MR) is 162 cm³/mol. The van der Waals surface area contributed by atoms with Gasteiger partial charge < -0.3 is 25.6 Å². The Labute approximate surface area is 252 Å². The van der Waals surface area contributed by atoms with Crippen molar-refractivity contribution in [3.05, 3.63) is 64.7 Å². The molecule has 1 saturated carbocycles. The highest BCUT2D eigenvalue weighted by atomic mass is 16.5. The van der Waals surface area contributed by atoms with Crippen molar-refractivity contribution in [2.45, 2.75) is 69.6 Å². The summed E-state index contributed by atoms with van der Waals surface area (Å²) in [5.41, 5.74) is 9.16. The van der Waals surface area contributed by atoms with Crippen LogP contribution < -0.4 is 16.4 Å². The first-order valence-corrected chi connectivity index (χ1v) is 15.0. The van der Waals surface area contributed by atoms with Crippen molar-refractivity contribution in [1.29, 1.82) is 0 Å². The average molecular weight is 586 g/mol. The number of hydrogen-bond acceptors (Lipinski definition) is 7. The fourth-order valence-electron chi connectivity index (χ4n) is 6.04. The number of ether oxygens (including phenoxy) is 1. The number of nitrogens with zero attached hydrogens (tertiary/aromatic N) is 2. The summed E-state index contributed by atoms with van der Waals surface area (Å²) < 4.78 is 5.85. The highest BCUT2D eigenvalue weighted by molar-refractivity contribution is 6.05. The van der Waals surface area contributed by atoms with E-state index in [9.17, 15) is 19.2 Å². The van der Waals surface area contributed by atoms with Gasteiger partial charge in [-0.15, -0.1) is 0 Å². The third kappa shape index (κ3) is 7.42. The summed E-state index contributed by atoms with van der Waals surface area (Å²) in [5.74, 6) is 5.38. The number of carbonyl (C=O) groups is 4. The maximum atomic E-state index is 13.0. The zero-order valence-electron chi connectivity index (χ0n) is 24.6. The van der Waals surface area contributed by atoms with Crippen LogP contribution in [0.5, 0.6) is 0 Å². The molecule has 0 aromatic heterocycles. The Bertz CT molecular complexity index is 1420. The number of nitrogen functional groups attached to an aromatic ring is 1. The molecule has 2 aliphatic heterocycles. The summed E-state index contributed by atoms with van der Waals surface area (Å²) >= 11 is 0. The number of likely N-dealkylation sites (N-methyl/N-ethyl adjacent to an activating group) is 1.